The summed E-state index contributed by atoms with van der Waals surface area (Å²) in [6, 6.07) is 11.4. The molecule has 29 heavy (non-hydrogen) atoms. The van der Waals surface area contributed by atoms with E-state index in [4.69, 9.17) is 10.00 Å². The molecule has 5 heteroatoms. The van der Waals surface area contributed by atoms with Crippen LogP contribution in [-0.2, 0) is 4.74 Å². The van der Waals surface area contributed by atoms with Gasteiger partial charge in [0.05, 0.1) is 11.1 Å². The number of nitriles is 1. The standard InChI is InChI=1S/C24H26FNO3/c1-2-11-29-15-16-3-5-17(6-4-16)18-9-10-21(24(27)28)22(12-18)19-7-8-20(14-26)23(25)13-19/h7-10,12-13,16-17H,2-6,11,15H2,1H3,(H,27,28)/t16-,17-. The fourth-order valence-corrected chi connectivity index (χ4v) is 4.07. The third kappa shape index (κ3) is 5.02. The van der Waals surface area contributed by atoms with Crippen LogP contribution in [0.5, 0.6) is 0 Å². The number of hydrogen-bond donors (Lipinski definition) is 1. The van der Waals surface area contributed by atoms with Gasteiger partial charge >= 0.3 is 5.97 Å². The van der Waals surface area contributed by atoms with Gasteiger partial charge in [-0.3, -0.25) is 0 Å². The second-order valence-electron chi connectivity index (χ2n) is 7.71. The maximum absolute atomic E-state index is 14.1. The van der Waals surface area contributed by atoms with Gasteiger partial charge in [0, 0.05) is 13.2 Å². The molecule has 1 saturated carbocycles. The topological polar surface area (TPSA) is 70.3 Å². The van der Waals surface area contributed by atoms with E-state index >= 15 is 0 Å². The highest BCUT2D eigenvalue weighted by Crippen LogP contribution is 2.38. The monoisotopic (exact) mass is 395 g/mol. The Morgan fingerprint density at radius 2 is 1.97 bits per heavy atom. The molecule has 1 aliphatic rings. The number of carboxylic acids is 1. The van der Waals surface area contributed by atoms with Crippen LogP contribution in [0.25, 0.3) is 11.1 Å². The summed E-state index contributed by atoms with van der Waals surface area (Å²) in [5.41, 5.74) is 2.14. The first kappa shape index (κ1) is 21.0. The summed E-state index contributed by atoms with van der Waals surface area (Å²) >= 11 is 0. The maximum Gasteiger partial charge on any atom is 0.336 e. The number of rotatable bonds is 7. The zero-order valence-electron chi connectivity index (χ0n) is 16.7. The molecule has 0 heterocycles. The number of aromatic carboxylic acids is 1. The first-order valence-corrected chi connectivity index (χ1v) is 10.2. The zero-order chi connectivity index (χ0) is 20.8. The molecular formula is C24H26FNO3. The van der Waals surface area contributed by atoms with E-state index in [1.54, 1.807) is 18.2 Å². The van der Waals surface area contributed by atoms with Crippen molar-refractivity contribution in [3.63, 3.8) is 0 Å². The van der Waals surface area contributed by atoms with Crippen LogP contribution in [0.2, 0.25) is 0 Å². The van der Waals surface area contributed by atoms with Gasteiger partial charge in [-0.25, -0.2) is 9.18 Å². The van der Waals surface area contributed by atoms with Gasteiger partial charge in [-0.1, -0.05) is 25.1 Å². The normalized spacial score (nSPS) is 18.9. The van der Waals surface area contributed by atoms with Gasteiger partial charge in [-0.2, -0.15) is 5.26 Å². The maximum atomic E-state index is 14.1. The number of halogens is 1. The van der Waals surface area contributed by atoms with Crippen molar-refractivity contribution >= 4 is 5.97 Å². The second-order valence-corrected chi connectivity index (χ2v) is 7.71. The van der Waals surface area contributed by atoms with Gasteiger partial charge in [-0.05, 0) is 78.8 Å². The van der Waals surface area contributed by atoms with E-state index < -0.39 is 11.8 Å². The van der Waals surface area contributed by atoms with Crippen LogP contribution in [0.1, 0.15) is 66.4 Å². The molecule has 0 amide bonds. The molecule has 2 aromatic carbocycles. The van der Waals surface area contributed by atoms with Crippen LogP contribution in [0, 0.1) is 23.1 Å². The van der Waals surface area contributed by atoms with E-state index in [9.17, 15) is 14.3 Å². The molecule has 152 valence electrons. The summed E-state index contributed by atoms with van der Waals surface area (Å²) < 4.78 is 19.8. The highest BCUT2D eigenvalue weighted by molar-refractivity contribution is 5.96. The Bertz CT molecular complexity index is 911. The van der Waals surface area contributed by atoms with Gasteiger partial charge < -0.3 is 9.84 Å². The molecule has 1 aliphatic carbocycles. The fourth-order valence-electron chi connectivity index (χ4n) is 4.07. The lowest BCUT2D eigenvalue weighted by Crippen LogP contribution is -2.18. The highest BCUT2D eigenvalue weighted by Gasteiger charge is 2.24. The van der Waals surface area contributed by atoms with Crippen molar-refractivity contribution in [1.29, 1.82) is 5.26 Å². The van der Waals surface area contributed by atoms with Crippen LogP contribution >= 0.6 is 0 Å². The summed E-state index contributed by atoms with van der Waals surface area (Å²) in [5, 5.41) is 18.5. The molecule has 4 nitrogen and oxygen atoms in total. The Balaban J connectivity index is 1.82. The summed E-state index contributed by atoms with van der Waals surface area (Å²) in [7, 11) is 0. The lowest BCUT2D eigenvalue weighted by Gasteiger charge is -2.29. The van der Waals surface area contributed by atoms with Crippen molar-refractivity contribution in [2.45, 2.75) is 44.9 Å². The Morgan fingerprint density at radius 3 is 2.59 bits per heavy atom. The second kappa shape index (κ2) is 9.67. The van der Waals surface area contributed by atoms with Gasteiger partial charge in [0.2, 0.25) is 0 Å². The van der Waals surface area contributed by atoms with Crippen molar-refractivity contribution in [3.05, 3.63) is 58.9 Å². The lowest BCUT2D eigenvalue weighted by molar-refractivity contribution is 0.0697. The number of carbonyl (C=O) groups is 1. The van der Waals surface area contributed by atoms with Crippen molar-refractivity contribution in [2.75, 3.05) is 13.2 Å². The Labute approximate surface area is 170 Å². The minimum absolute atomic E-state index is 0.0506. The van der Waals surface area contributed by atoms with Crippen LogP contribution in [-0.4, -0.2) is 24.3 Å². The van der Waals surface area contributed by atoms with Crippen molar-refractivity contribution in [2.24, 2.45) is 5.92 Å². The Kier molecular flexibility index (Phi) is 7.00. The van der Waals surface area contributed by atoms with Crippen LogP contribution in [0.3, 0.4) is 0 Å². The zero-order valence-corrected chi connectivity index (χ0v) is 16.7. The predicted octanol–water partition coefficient (Wildman–Crippen LogP) is 5.76. The number of ether oxygens (including phenoxy) is 1. The van der Waals surface area contributed by atoms with E-state index in [2.05, 4.69) is 6.92 Å². The SMILES string of the molecule is CCCOC[C@H]1CC[C@H](c2ccc(C(=O)O)c(-c3ccc(C#N)c(F)c3)c2)CC1. The molecule has 0 atom stereocenters. The first-order valence-electron chi connectivity index (χ1n) is 10.2. The van der Waals surface area contributed by atoms with Gasteiger partial charge in [0.1, 0.15) is 11.9 Å². The molecular weight excluding hydrogens is 369 g/mol. The molecule has 0 unspecified atom stereocenters. The van der Waals surface area contributed by atoms with E-state index in [0.29, 0.717) is 23.0 Å². The molecule has 1 fully saturated rings. The highest BCUT2D eigenvalue weighted by atomic mass is 19.1. The Hall–Kier alpha value is -2.71. The predicted molar refractivity (Wildman–Crippen MR) is 109 cm³/mol. The molecule has 0 radical (unpaired) electrons. The molecule has 0 saturated heterocycles. The van der Waals surface area contributed by atoms with Gasteiger partial charge in [0.25, 0.3) is 0 Å². The number of carboxylic acid groups (broad SMARTS) is 1. The average molecular weight is 395 g/mol. The number of benzene rings is 2. The number of nitrogens with zero attached hydrogens (tertiary/aromatic N) is 1. The minimum atomic E-state index is -1.05. The minimum Gasteiger partial charge on any atom is -0.478 e. The molecule has 0 aliphatic heterocycles. The third-order valence-electron chi connectivity index (χ3n) is 5.69. The van der Waals surface area contributed by atoms with Crippen molar-refractivity contribution < 1.29 is 19.0 Å². The number of hydrogen-bond acceptors (Lipinski definition) is 3. The van der Waals surface area contributed by atoms with Crippen LogP contribution < -0.4 is 0 Å². The smallest absolute Gasteiger partial charge is 0.336 e. The van der Waals surface area contributed by atoms with Gasteiger partial charge in [-0.15, -0.1) is 0 Å². The molecule has 0 spiro atoms. The summed E-state index contributed by atoms with van der Waals surface area (Å²) in [4.78, 5) is 11.7. The summed E-state index contributed by atoms with van der Waals surface area (Å²) in [6.45, 7) is 3.73. The van der Waals surface area contributed by atoms with Crippen molar-refractivity contribution in [3.8, 4) is 17.2 Å². The average Bonchev–Trinajstić information content (AvgIpc) is 2.74. The first-order chi connectivity index (χ1) is 14.0. The molecule has 2 aromatic rings. The lowest BCUT2D eigenvalue weighted by atomic mass is 9.78. The van der Waals surface area contributed by atoms with E-state index in [1.165, 1.54) is 12.1 Å². The molecule has 0 aromatic heterocycles. The third-order valence-corrected chi connectivity index (χ3v) is 5.69. The molecule has 3 rings (SSSR count). The van der Waals surface area contributed by atoms with E-state index in [1.807, 2.05) is 12.1 Å². The largest absolute Gasteiger partial charge is 0.478 e. The van der Waals surface area contributed by atoms with Gasteiger partial charge in [0.15, 0.2) is 0 Å². The fraction of sp³-hybridized carbons (Fsp3) is 0.417. The Morgan fingerprint density at radius 1 is 1.21 bits per heavy atom. The summed E-state index contributed by atoms with van der Waals surface area (Å²) in [6.07, 6.45) is 5.29. The van der Waals surface area contributed by atoms with Crippen LogP contribution in [0.4, 0.5) is 4.39 Å². The van der Waals surface area contributed by atoms with Crippen LogP contribution in [0.15, 0.2) is 36.4 Å². The van der Waals surface area contributed by atoms with Crippen molar-refractivity contribution in [1.82, 2.24) is 0 Å². The van der Waals surface area contributed by atoms with E-state index in [0.717, 1.165) is 50.9 Å². The quantitative estimate of drug-likeness (QED) is 0.605. The summed E-state index contributed by atoms with van der Waals surface area (Å²) in [5.74, 6) is -0.738. The molecule has 0 bridgehead atoms. The van der Waals surface area contributed by atoms with E-state index in [-0.39, 0.29) is 11.1 Å². The molecule has 1 N–H and O–H groups in total.